The SMILES string of the molecule is CC(C)N(Cc1ccccc1)C(=O)CCCC(=O)c1ccc2c(c1)OCCO2. The molecule has 2 aromatic carbocycles. The zero-order valence-electron chi connectivity index (χ0n) is 16.5. The Hall–Kier alpha value is -2.82. The molecule has 0 aromatic heterocycles. The van der Waals surface area contributed by atoms with Crippen molar-refractivity contribution in [2.75, 3.05) is 13.2 Å². The van der Waals surface area contributed by atoms with Crippen LogP contribution in [0, 0.1) is 0 Å². The summed E-state index contributed by atoms with van der Waals surface area (Å²) in [5, 5.41) is 0. The van der Waals surface area contributed by atoms with Gasteiger partial charge in [0.15, 0.2) is 17.3 Å². The smallest absolute Gasteiger partial charge is 0.223 e. The Morgan fingerprint density at radius 1 is 0.964 bits per heavy atom. The van der Waals surface area contributed by atoms with Gasteiger partial charge >= 0.3 is 0 Å². The molecule has 1 aliphatic rings. The minimum atomic E-state index is 0.0175. The Labute approximate surface area is 166 Å². The van der Waals surface area contributed by atoms with Crippen molar-refractivity contribution in [3.05, 3.63) is 59.7 Å². The van der Waals surface area contributed by atoms with Crippen molar-refractivity contribution in [3.8, 4) is 11.5 Å². The lowest BCUT2D eigenvalue weighted by molar-refractivity contribution is -0.133. The highest BCUT2D eigenvalue weighted by molar-refractivity contribution is 5.96. The van der Waals surface area contributed by atoms with Crippen LogP contribution in [-0.4, -0.2) is 35.8 Å². The highest BCUT2D eigenvalue weighted by atomic mass is 16.6. The van der Waals surface area contributed by atoms with Gasteiger partial charge in [-0.15, -0.1) is 0 Å². The van der Waals surface area contributed by atoms with Crippen molar-refractivity contribution in [1.29, 1.82) is 0 Å². The van der Waals surface area contributed by atoms with Gasteiger partial charge < -0.3 is 14.4 Å². The number of rotatable bonds is 8. The highest BCUT2D eigenvalue weighted by Gasteiger charge is 2.19. The predicted octanol–water partition coefficient (Wildman–Crippen LogP) is 4.25. The van der Waals surface area contributed by atoms with Gasteiger partial charge in [-0.2, -0.15) is 0 Å². The summed E-state index contributed by atoms with van der Waals surface area (Å²) >= 11 is 0. The molecule has 5 heteroatoms. The van der Waals surface area contributed by atoms with Crippen LogP contribution in [0.1, 0.15) is 49.0 Å². The van der Waals surface area contributed by atoms with E-state index in [2.05, 4.69) is 0 Å². The van der Waals surface area contributed by atoms with E-state index in [9.17, 15) is 9.59 Å². The normalized spacial score (nSPS) is 12.7. The molecule has 3 rings (SSSR count). The number of nitrogens with zero attached hydrogens (tertiary/aromatic N) is 1. The highest BCUT2D eigenvalue weighted by Crippen LogP contribution is 2.31. The van der Waals surface area contributed by atoms with Gasteiger partial charge in [-0.05, 0) is 44.0 Å². The van der Waals surface area contributed by atoms with Gasteiger partial charge in [0.2, 0.25) is 5.91 Å². The van der Waals surface area contributed by atoms with Gasteiger partial charge in [0, 0.05) is 31.0 Å². The molecule has 0 aliphatic carbocycles. The van der Waals surface area contributed by atoms with Crippen LogP contribution in [-0.2, 0) is 11.3 Å². The van der Waals surface area contributed by atoms with E-state index < -0.39 is 0 Å². The molecule has 0 unspecified atom stereocenters. The van der Waals surface area contributed by atoms with Gasteiger partial charge in [0.25, 0.3) is 0 Å². The Morgan fingerprint density at radius 3 is 2.39 bits per heavy atom. The number of Topliss-reactive ketones (excluding diaryl/α,β-unsaturated/α-hetero) is 1. The summed E-state index contributed by atoms with van der Waals surface area (Å²) in [5.74, 6) is 1.38. The summed E-state index contributed by atoms with van der Waals surface area (Å²) in [6.45, 7) is 5.64. The van der Waals surface area contributed by atoms with Crippen LogP contribution in [0.15, 0.2) is 48.5 Å². The van der Waals surface area contributed by atoms with Gasteiger partial charge in [0.1, 0.15) is 13.2 Å². The summed E-state index contributed by atoms with van der Waals surface area (Å²) in [7, 11) is 0. The second-order valence-electron chi connectivity index (χ2n) is 7.24. The largest absolute Gasteiger partial charge is 0.486 e. The van der Waals surface area contributed by atoms with Crippen LogP contribution in [0.4, 0.5) is 0 Å². The summed E-state index contributed by atoms with van der Waals surface area (Å²) in [6.07, 6.45) is 1.23. The second kappa shape index (κ2) is 9.40. The van der Waals surface area contributed by atoms with Crippen molar-refractivity contribution < 1.29 is 19.1 Å². The van der Waals surface area contributed by atoms with Crippen LogP contribution in [0.2, 0.25) is 0 Å². The van der Waals surface area contributed by atoms with Crippen molar-refractivity contribution >= 4 is 11.7 Å². The molecule has 28 heavy (non-hydrogen) atoms. The topological polar surface area (TPSA) is 55.8 Å². The van der Waals surface area contributed by atoms with E-state index in [1.165, 1.54) is 0 Å². The van der Waals surface area contributed by atoms with E-state index >= 15 is 0 Å². The molecule has 1 aliphatic heterocycles. The van der Waals surface area contributed by atoms with Crippen molar-refractivity contribution in [3.63, 3.8) is 0 Å². The maximum Gasteiger partial charge on any atom is 0.223 e. The van der Waals surface area contributed by atoms with Crippen molar-refractivity contribution in [2.24, 2.45) is 0 Å². The Bertz CT molecular complexity index is 817. The van der Waals surface area contributed by atoms with E-state index in [1.54, 1.807) is 18.2 Å². The Kier molecular flexibility index (Phi) is 6.69. The maximum absolute atomic E-state index is 12.7. The van der Waals surface area contributed by atoms with E-state index in [0.29, 0.717) is 56.1 Å². The van der Waals surface area contributed by atoms with Gasteiger partial charge in [0.05, 0.1) is 0 Å². The third kappa shape index (κ3) is 5.12. The standard InChI is InChI=1S/C23H27NO4/c1-17(2)24(16-18-7-4-3-5-8-18)23(26)10-6-9-20(25)19-11-12-21-22(15-19)28-14-13-27-21/h3-5,7-8,11-12,15,17H,6,9-10,13-14,16H2,1-2H3. The van der Waals surface area contributed by atoms with Gasteiger partial charge in [-0.3, -0.25) is 9.59 Å². The number of ether oxygens (including phenoxy) is 2. The first-order chi connectivity index (χ1) is 13.5. The van der Waals surface area contributed by atoms with Crippen molar-refractivity contribution in [2.45, 2.75) is 45.7 Å². The Balaban J connectivity index is 1.52. The fraction of sp³-hybridized carbons (Fsp3) is 0.391. The summed E-state index contributed by atoms with van der Waals surface area (Å²) in [5.41, 5.74) is 1.71. The zero-order valence-corrected chi connectivity index (χ0v) is 16.5. The molecule has 0 atom stereocenters. The molecule has 0 bridgehead atoms. The average Bonchev–Trinajstić information content (AvgIpc) is 2.72. The third-order valence-electron chi connectivity index (χ3n) is 4.80. The number of carbonyl (C=O) groups is 2. The average molecular weight is 381 g/mol. The number of carbonyl (C=O) groups excluding carboxylic acids is 2. The zero-order chi connectivity index (χ0) is 19.9. The first-order valence-electron chi connectivity index (χ1n) is 9.81. The monoisotopic (exact) mass is 381 g/mol. The number of amides is 1. The number of benzene rings is 2. The van der Waals surface area contributed by atoms with E-state index in [4.69, 9.17) is 9.47 Å². The van der Waals surface area contributed by atoms with Crippen LogP contribution in [0.25, 0.3) is 0 Å². The number of fused-ring (bicyclic) bond motifs is 1. The quantitative estimate of drug-likeness (QED) is 0.642. The lowest BCUT2D eigenvalue weighted by atomic mass is 10.0. The molecule has 2 aromatic rings. The second-order valence-corrected chi connectivity index (χ2v) is 7.24. The molecule has 0 saturated heterocycles. The molecule has 1 heterocycles. The third-order valence-corrected chi connectivity index (χ3v) is 4.80. The molecule has 0 N–H and O–H groups in total. The van der Waals surface area contributed by atoms with Crippen LogP contribution in [0.5, 0.6) is 11.5 Å². The maximum atomic E-state index is 12.7. The summed E-state index contributed by atoms with van der Waals surface area (Å²) in [4.78, 5) is 27.0. The molecule has 0 spiro atoms. The van der Waals surface area contributed by atoms with Gasteiger partial charge in [-0.25, -0.2) is 0 Å². The molecular weight excluding hydrogens is 354 g/mol. The molecular formula is C23H27NO4. The molecule has 1 amide bonds. The first kappa shape index (κ1) is 19.9. The molecule has 0 fully saturated rings. The van der Waals surface area contributed by atoms with E-state index in [0.717, 1.165) is 5.56 Å². The fourth-order valence-electron chi connectivity index (χ4n) is 3.24. The van der Waals surface area contributed by atoms with Crippen LogP contribution < -0.4 is 9.47 Å². The number of ketones is 1. The fourth-order valence-corrected chi connectivity index (χ4v) is 3.24. The molecule has 0 radical (unpaired) electrons. The van der Waals surface area contributed by atoms with E-state index in [1.807, 2.05) is 49.1 Å². The lowest BCUT2D eigenvalue weighted by Crippen LogP contribution is -2.36. The lowest BCUT2D eigenvalue weighted by Gasteiger charge is -2.27. The first-order valence-corrected chi connectivity index (χ1v) is 9.81. The Morgan fingerprint density at radius 2 is 1.68 bits per heavy atom. The van der Waals surface area contributed by atoms with Crippen LogP contribution >= 0.6 is 0 Å². The van der Waals surface area contributed by atoms with Crippen LogP contribution in [0.3, 0.4) is 0 Å². The number of hydrogen-bond acceptors (Lipinski definition) is 4. The summed E-state index contributed by atoms with van der Waals surface area (Å²) < 4.78 is 11.0. The minimum Gasteiger partial charge on any atom is -0.486 e. The van der Waals surface area contributed by atoms with E-state index in [-0.39, 0.29) is 17.7 Å². The summed E-state index contributed by atoms with van der Waals surface area (Å²) in [6, 6.07) is 15.3. The molecule has 5 nitrogen and oxygen atoms in total. The number of hydrogen-bond donors (Lipinski definition) is 0. The van der Waals surface area contributed by atoms with Crippen molar-refractivity contribution in [1.82, 2.24) is 4.90 Å². The van der Waals surface area contributed by atoms with Gasteiger partial charge in [-0.1, -0.05) is 30.3 Å². The molecule has 0 saturated carbocycles. The molecule has 148 valence electrons. The minimum absolute atomic E-state index is 0.0175. The predicted molar refractivity (Wildman–Crippen MR) is 108 cm³/mol.